The van der Waals surface area contributed by atoms with Crippen molar-refractivity contribution in [3.05, 3.63) is 0 Å². The topological polar surface area (TPSA) is 94.8 Å². The van der Waals surface area contributed by atoms with Crippen LogP contribution in [-0.2, 0) is 9.36 Å². The van der Waals surface area contributed by atoms with Crippen molar-refractivity contribution in [2.45, 2.75) is 6.92 Å². The molecule has 0 amide bonds. The summed E-state index contributed by atoms with van der Waals surface area (Å²) < 4.78 is 8.74. The Morgan fingerprint density at radius 2 is 1.50 bits per heavy atom. The fourth-order valence-electron chi connectivity index (χ4n) is 0. The average molecular weight is 142 g/mol. The number of rotatable bonds is 0. The average Bonchev–Trinajstić information content (AvgIpc) is 1.25. The molecule has 0 heterocycles. The van der Waals surface area contributed by atoms with E-state index in [0.717, 1.165) is 6.92 Å². The molecular weight excluding hydrogens is 135 g/mol. The molecule has 0 saturated heterocycles. The van der Waals surface area contributed by atoms with Crippen molar-refractivity contribution in [2.24, 2.45) is 0 Å². The highest BCUT2D eigenvalue weighted by Gasteiger charge is 1.65. The molecule has 0 aliphatic rings. The predicted molar refractivity (Wildman–Crippen MR) is 26.7 cm³/mol. The van der Waals surface area contributed by atoms with Gasteiger partial charge in [0.05, 0.1) is 0 Å². The summed E-state index contributed by atoms with van der Waals surface area (Å²) in [5.41, 5.74) is 0. The molecule has 0 aromatic rings. The fourth-order valence-corrected chi connectivity index (χ4v) is 0. The lowest BCUT2D eigenvalue weighted by molar-refractivity contribution is -0.134. The van der Waals surface area contributed by atoms with Gasteiger partial charge in [0.25, 0.3) is 5.97 Å². The van der Waals surface area contributed by atoms with Crippen molar-refractivity contribution >= 4 is 14.2 Å². The lowest BCUT2D eigenvalue weighted by atomic mass is 10.9. The molecule has 0 fully saturated rings. The highest BCUT2D eigenvalue weighted by Crippen LogP contribution is 1.98. The number of aliphatic carboxylic acids is 1. The summed E-state index contributed by atoms with van der Waals surface area (Å²) in [4.78, 5) is 23.3. The molecule has 0 saturated carbocycles. The van der Waals surface area contributed by atoms with Gasteiger partial charge in [-0.2, -0.15) is 0 Å². The Balaban J connectivity index is 0. The van der Waals surface area contributed by atoms with E-state index in [4.69, 9.17) is 24.3 Å². The van der Waals surface area contributed by atoms with Gasteiger partial charge in [0.15, 0.2) is 0 Å². The standard InChI is InChI=1S/C2H4O2.H3O3P/c1-2(3)4;1-4(2)3/h1H3,(H,3,4);4H,(H2,1,2,3). The van der Waals surface area contributed by atoms with Gasteiger partial charge in [-0.3, -0.25) is 9.36 Å². The van der Waals surface area contributed by atoms with Crippen LogP contribution in [0.2, 0.25) is 0 Å². The minimum atomic E-state index is -3.13. The maximum absolute atomic E-state index is 9.00. The van der Waals surface area contributed by atoms with Gasteiger partial charge in [0.1, 0.15) is 0 Å². The van der Waals surface area contributed by atoms with Gasteiger partial charge in [-0.25, -0.2) is 0 Å². The van der Waals surface area contributed by atoms with Gasteiger partial charge in [-0.1, -0.05) is 0 Å². The van der Waals surface area contributed by atoms with Crippen LogP contribution in [0.5, 0.6) is 0 Å². The summed E-state index contributed by atoms with van der Waals surface area (Å²) >= 11 is 0. The van der Waals surface area contributed by atoms with Crippen LogP contribution >= 0.6 is 8.25 Å². The quantitative estimate of drug-likeness (QED) is 0.394. The van der Waals surface area contributed by atoms with Crippen molar-refractivity contribution in [3.8, 4) is 0 Å². The van der Waals surface area contributed by atoms with Crippen LogP contribution in [-0.4, -0.2) is 20.9 Å². The van der Waals surface area contributed by atoms with E-state index in [0.29, 0.717) is 0 Å². The smallest absolute Gasteiger partial charge is 0.314 e. The van der Waals surface area contributed by atoms with Gasteiger partial charge >= 0.3 is 8.25 Å². The van der Waals surface area contributed by atoms with Gasteiger partial charge in [-0.15, -0.1) is 0 Å². The molecular formula is C2H7O5P. The fraction of sp³-hybridized carbons (Fsp3) is 0.500. The van der Waals surface area contributed by atoms with Crippen molar-refractivity contribution < 1.29 is 24.3 Å². The molecule has 0 spiro atoms. The molecule has 0 aromatic carbocycles. The van der Waals surface area contributed by atoms with Gasteiger partial charge in [0, 0.05) is 6.92 Å². The van der Waals surface area contributed by atoms with Gasteiger partial charge in [0.2, 0.25) is 0 Å². The first-order valence-corrected chi connectivity index (χ1v) is 2.88. The Labute approximate surface area is 46.5 Å². The van der Waals surface area contributed by atoms with E-state index >= 15 is 0 Å². The van der Waals surface area contributed by atoms with Gasteiger partial charge < -0.3 is 14.9 Å². The maximum atomic E-state index is 9.00. The number of carboxylic acids is 1. The monoisotopic (exact) mass is 142 g/mol. The summed E-state index contributed by atoms with van der Waals surface area (Å²) in [6.45, 7) is 1.08. The molecule has 5 nitrogen and oxygen atoms in total. The maximum Gasteiger partial charge on any atom is 0.314 e. The second kappa shape index (κ2) is 6.62. The molecule has 8 heavy (non-hydrogen) atoms. The molecule has 0 aromatic heterocycles. The highest BCUT2D eigenvalue weighted by atomic mass is 31.1. The van der Waals surface area contributed by atoms with E-state index in [1.54, 1.807) is 0 Å². The number of carbonyl (C=O) groups is 1. The first-order chi connectivity index (χ1) is 3.46. The van der Waals surface area contributed by atoms with E-state index in [-0.39, 0.29) is 0 Å². The van der Waals surface area contributed by atoms with Crippen LogP contribution in [0.4, 0.5) is 0 Å². The number of hydrogen-bond donors (Lipinski definition) is 3. The third kappa shape index (κ3) is 831. The third-order valence-electron chi connectivity index (χ3n) is 0. The zero-order valence-electron chi connectivity index (χ0n) is 4.16. The molecule has 0 radical (unpaired) electrons. The van der Waals surface area contributed by atoms with E-state index < -0.39 is 14.2 Å². The molecule has 50 valence electrons. The lowest BCUT2D eigenvalue weighted by Crippen LogP contribution is -1.78. The Morgan fingerprint density at radius 1 is 1.50 bits per heavy atom. The van der Waals surface area contributed by atoms with Crippen molar-refractivity contribution in [1.29, 1.82) is 0 Å². The summed E-state index contributed by atoms with van der Waals surface area (Å²) in [6, 6.07) is 0. The third-order valence-corrected chi connectivity index (χ3v) is 0. The summed E-state index contributed by atoms with van der Waals surface area (Å²) in [5, 5.41) is 7.42. The molecule has 0 atom stereocenters. The van der Waals surface area contributed by atoms with Crippen molar-refractivity contribution in [1.82, 2.24) is 0 Å². The molecule has 0 rings (SSSR count). The Kier molecular flexibility index (Phi) is 8.75. The number of carboxylic acid groups (broad SMARTS) is 1. The largest absolute Gasteiger partial charge is 0.481 e. The molecule has 0 unspecified atom stereocenters. The van der Waals surface area contributed by atoms with Crippen LogP contribution < -0.4 is 0 Å². The van der Waals surface area contributed by atoms with Crippen molar-refractivity contribution in [2.75, 3.05) is 0 Å². The van der Waals surface area contributed by atoms with Crippen LogP contribution in [0.25, 0.3) is 0 Å². The highest BCUT2D eigenvalue weighted by molar-refractivity contribution is 7.30. The molecule has 6 heteroatoms. The lowest BCUT2D eigenvalue weighted by Gasteiger charge is -1.61. The van der Waals surface area contributed by atoms with Gasteiger partial charge in [-0.05, 0) is 0 Å². The Bertz CT molecular complexity index is 68.4. The first kappa shape index (κ1) is 10.6. The van der Waals surface area contributed by atoms with E-state index in [2.05, 4.69) is 0 Å². The Hall–Kier alpha value is -0.380. The van der Waals surface area contributed by atoms with E-state index in [1.807, 2.05) is 0 Å². The SMILES string of the molecule is CC(=O)O.O=[PH](O)O. The first-order valence-electron chi connectivity index (χ1n) is 1.58. The van der Waals surface area contributed by atoms with Crippen LogP contribution in [0, 0.1) is 0 Å². The van der Waals surface area contributed by atoms with Crippen LogP contribution in [0.1, 0.15) is 6.92 Å². The second-order valence-electron chi connectivity index (χ2n) is 0.802. The molecule has 0 aliphatic carbocycles. The second-order valence-corrected chi connectivity index (χ2v) is 1.37. The minimum Gasteiger partial charge on any atom is -0.481 e. The number of hydrogen-bond acceptors (Lipinski definition) is 2. The molecule has 3 N–H and O–H groups in total. The summed E-state index contributed by atoms with van der Waals surface area (Å²) in [6.07, 6.45) is 0. The molecule has 0 bridgehead atoms. The zero-order chi connectivity index (χ0) is 7.15. The Morgan fingerprint density at radius 3 is 1.50 bits per heavy atom. The van der Waals surface area contributed by atoms with Crippen molar-refractivity contribution in [3.63, 3.8) is 0 Å². The van der Waals surface area contributed by atoms with E-state index in [1.165, 1.54) is 0 Å². The summed E-state index contributed by atoms with van der Waals surface area (Å²) in [5.74, 6) is -0.833. The molecule has 0 aliphatic heterocycles. The van der Waals surface area contributed by atoms with Crippen LogP contribution in [0.15, 0.2) is 0 Å². The normalized spacial score (nSPS) is 7.50. The van der Waals surface area contributed by atoms with Crippen LogP contribution in [0.3, 0.4) is 0 Å². The minimum absolute atomic E-state index is 0.833. The summed E-state index contributed by atoms with van der Waals surface area (Å²) in [7, 11) is -3.13. The van der Waals surface area contributed by atoms with E-state index in [9.17, 15) is 0 Å². The predicted octanol–water partition coefficient (Wildman–Crippen LogP) is -0.548. The zero-order valence-corrected chi connectivity index (χ0v) is 5.16.